The van der Waals surface area contributed by atoms with Crippen molar-refractivity contribution in [1.29, 1.82) is 0 Å². The second-order valence-electron chi connectivity index (χ2n) is 5.31. The molecule has 0 aliphatic rings. The molecule has 0 atom stereocenters. The second kappa shape index (κ2) is 7.53. The number of non-ortho nitro benzene ring substituents is 1. The first-order chi connectivity index (χ1) is 12.3. The van der Waals surface area contributed by atoms with Crippen molar-refractivity contribution >= 4 is 55.6 Å². The predicted molar refractivity (Wildman–Crippen MR) is 106 cm³/mol. The van der Waals surface area contributed by atoms with Crippen LogP contribution >= 0.6 is 38.9 Å². The summed E-state index contributed by atoms with van der Waals surface area (Å²) in [5.41, 5.74) is 1.52. The average molecular weight is 453 g/mol. The monoisotopic (exact) mass is 451 g/mol. The third kappa shape index (κ3) is 3.92. The van der Waals surface area contributed by atoms with Gasteiger partial charge >= 0.3 is 0 Å². The van der Waals surface area contributed by atoms with Crippen molar-refractivity contribution in [1.82, 2.24) is 4.98 Å². The molecule has 132 valence electrons. The van der Waals surface area contributed by atoms with Crippen LogP contribution in [0.1, 0.15) is 15.2 Å². The minimum absolute atomic E-state index is 0.0268. The van der Waals surface area contributed by atoms with E-state index >= 15 is 0 Å². The smallest absolute Gasteiger partial charge is 0.270 e. The maximum atomic E-state index is 12.5. The third-order valence-electron chi connectivity index (χ3n) is 3.54. The van der Waals surface area contributed by atoms with E-state index in [1.807, 2.05) is 31.2 Å². The molecule has 9 heteroatoms. The van der Waals surface area contributed by atoms with Gasteiger partial charge in [-0.25, -0.2) is 4.98 Å². The Labute approximate surface area is 166 Å². The number of hydrogen-bond acceptors (Lipinski definition) is 5. The van der Waals surface area contributed by atoms with Gasteiger partial charge in [0, 0.05) is 27.0 Å². The molecule has 6 nitrogen and oxygen atoms in total. The average Bonchev–Trinajstić information content (AvgIpc) is 2.96. The number of benzene rings is 2. The normalized spacial score (nSPS) is 10.6. The van der Waals surface area contributed by atoms with Gasteiger partial charge < -0.3 is 0 Å². The van der Waals surface area contributed by atoms with Crippen LogP contribution in [0, 0.1) is 17.0 Å². The van der Waals surface area contributed by atoms with E-state index in [0.717, 1.165) is 26.7 Å². The summed E-state index contributed by atoms with van der Waals surface area (Å²) in [6.45, 7) is 1.91. The van der Waals surface area contributed by atoms with Gasteiger partial charge in [-0.2, -0.15) is 0 Å². The fourth-order valence-corrected chi connectivity index (χ4v) is 3.59. The maximum absolute atomic E-state index is 12.5. The SMILES string of the molecule is Cc1sc(NC(=O)c2cc([N+](=O)[O-])ccc2Cl)nc1-c1ccc(Br)cc1. The van der Waals surface area contributed by atoms with E-state index < -0.39 is 10.8 Å². The summed E-state index contributed by atoms with van der Waals surface area (Å²) < 4.78 is 0.961. The van der Waals surface area contributed by atoms with Crippen LogP contribution < -0.4 is 5.32 Å². The number of nitrogens with zero attached hydrogens (tertiary/aromatic N) is 2. The number of thiazole rings is 1. The number of halogens is 2. The van der Waals surface area contributed by atoms with E-state index in [-0.39, 0.29) is 16.3 Å². The predicted octanol–water partition coefficient (Wildman–Crippen LogP) is 5.69. The van der Waals surface area contributed by atoms with Gasteiger partial charge in [-0.3, -0.25) is 20.2 Å². The first-order valence-corrected chi connectivity index (χ1v) is 9.32. The van der Waals surface area contributed by atoms with Gasteiger partial charge in [0.15, 0.2) is 5.13 Å². The first kappa shape index (κ1) is 18.5. The van der Waals surface area contributed by atoms with E-state index in [2.05, 4.69) is 26.2 Å². The molecule has 2 aromatic carbocycles. The van der Waals surface area contributed by atoms with Crippen LogP contribution in [0.2, 0.25) is 5.02 Å². The van der Waals surface area contributed by atoms with E-state index in [0.29, 0.717) is 5.13 Å². The van der Waals surface area contributed by atoms with Crippen LogP contribution in [0.5, 0.6) is 0 Å². The number of nitro benzene ring substituents is 1. The number of carbonyl (C=O) groups excluding carboxylic acids is 1. The summed E-state index contributed by atoms with van der Waals surface area (Å²) in [6, 6.07) is 11.4. The molecule has 1 N–H and O–H groups in total. The Hall–Kier alpha value is -2.29. The number of nitro groups is 1. The zero-order valence-corrected chi connectivity index (χ0v) is 16.5. The molecular weight excluding hydrogens is 442 g/mol. The highest BCUT2D eigenvalue weighted by atomic mass is 79.9. The largest absolute Gasteiger partial charge is 0.298 e. The lowest BCUT2D eigenvalue weighted by atomic mass is 10.1. The zero-order valence-electron chi connectivity index (χ0n) is 13.3. The number of amides is 1. The van der Waals surface area contributed by atoms with E-state index in [9.17, 15) is 14.9 Å². The molecule has 0 fully saturated rings. The molecule has 0 unspecified atom stereocenters. The lowest BCUT2D eigenvalue weighted by Gasteiger charge is -2.04. The highest BCUT2D eigenvalue weighted by molar-refractivity contribution is 9.10. The van der Waals surface area contributed by atoms with Crippen LogP contribution in [-0.2, 0) is 0 Å². The molecule has 0 saturated carbocycles. The molecule has 3 rings (SSSR count). The zero-order chi connectivity index (χ0) is 18.8. The number of aryl methyl sites for hydroxylation is 1. The molecule has 0 radical (unpaired) electrons. The van der Waals surface area contributed by atoms with Crippen molar-refractivity contribution in [3.8, 4) is 11.3 Å². The maximum Gasteiger partial charge on any atom is 0.270 e. The first-order valence-electron chi connectivity index (χ1n) is 7.34. The number of aromatic nitrogens is 1. The molecule has 26 heavy (non-hydrogen) atoms. The standard InChI is InChI=1S/C17H11BrClN3O3S/c1-9-15(10-2-4-11(18)5-3-10)20-17(26-9)21-16(23)13-8-12(22(24)25)6-7-14(13)19/h2-8H,1H3,(H,20,21,23). The van der Waals surface area contributed by atoms with Crippen molar-refractivity contribution in [2.75, 3.05) is 5.32 Å². The minimum atomic E-state index is -0.577. The van der Waals surface area contributed by atoms with E-state index in [4.69, 9.17) is 11.6 Å². The Balaban J connectivity index is 1.87. The molecule has 0 aliphatic heterocycles. The fraction of sp³-hybridized carbons (Fsp3) is 0.0588. The van der Waals surface area contributed by atoms with Gasteiger partial charge in [0.25, 0.3) is 11.6 Å². The Bertz CT molecular complexity index is 1000. The summed E-state index contributed by atoms with van der Waals surface area (Å²) in [7, 11) is 0. The molecule has 1 amide bonds. The molecular formula is C17H11BrClN3O3S. The Morgan fingerprint density at radius 2 is 1.96 bits per heavy atom. The van der Waals surface area contributed by atoms with Crippen LogP contribution in [0.15, 0.2) is 46.9 Å². The lowest BCUT2D eigenvalue weighted by Crippen LogP contribution is -2.12. The van der Waals surface area contributed by atoms with Gasteiger partial charge in [-0.05, 0) is 25.1 Å². The molecule has 3 aromatic rings. The van der Waals surface area contributed by atoms with Crippen molar-refractivity contribution in [3.05, 3.63) is 72.5 Å². The van der Waals surface area contributed by atoms with Gasteiger partial charge in [0.1, 0.15) is 0 Å². The van der Waals surface area contributed by atoms with Gasteiger partial charge in [-0.1, -0.05) is 39.7 Å². The minimum Gasteiger partial charge on any atom is -0.298 e. The Kier molecular flexibility index (Phi) is 5.36. The van der Waals surface area contributed by atoms with Crippen molar-refractivity contribution in [3.63, 3.8) is 0 Å². The highest BCUT2D eigenvalue weighted by Crippen LogP contribution is 2.32. The van der Waals surface area contributed by atoms with Crippen molar-refractivity contribution in [2.24, 2.45) is 0 Å². The topological polar surface area (TPSA) is 85.1 Å². The van der Waals surface area contributed by atoms with Crippen LogP contribution in [0.3, 0.4) is 0 Å². The molecule has 0 bridgehead atoms. The Morgan fingerprint density at radius 1 is 1.27 bits per heavy atom. The van der Waals surface area contributed by atoms with Crippen molar-refractivity contribution in [2.45, 2.75) is 6.92 Å². The number of anilines is 1. The second-order valence-corrected chi connectivity index (χ2v) is 7.83. The highest BCUT2D eigenvalue weighted by Gasteiger charge is 2.18. The lowest BCUT2D eigenvalue weighted by molar-refractivity contribution is -0.384. The molecule has 1 aromatic heterocycles. The summed E-state index contributed by atoms with van der Waals surface area (Å²) in [5, 5.41) is 14.1. The summed E-state index contributed by atoms with van der Waals surface area (Å²) in [6.07, 6.45) is 0. The number of nitrogens with one attached hydrogen (secondary N) is 1. The summed E-state index contributed by atoms with van der Waals surface area (Å²) in [5.74, 6) is -0.546. The molecule has 1 heterocycles. The number of rotatable bonds is 4. The van der Waals surface area contributed by atoms with Gasteiger partial charge in [-0.15, -0.1) is 11.3 Å². The number of carbonyl (C=O) groups is 1. The fourth-order valence-electron chi connectivity index (χ4n) is 2.29. The molecule has 0 aliphatic carbocycles. The van der Waals surface area contributed by atoms with E-state index in [1.54, 1.807) is 0 Å². The third-order valence-corrected chi connectivity index (χ3v) is 5.28. The summed E-state index contributed by atoms with van der Waals surface area (Å²) in [4.78, 5) is 28.2. The van der Waals surface area contributed by atoms with E-state index in [1.165, 1.54) is 23.5 Å². The van der Waals surface area contributed by atoms with Gasteiger partial charge in [0.05, 0.1) is 21.2 Å². The number of hydrogen-bond donors (Lipinski definition) is 1. The van der Waals surface area contributed by atoms with Crippen LogP contribution in [0.4, 0.5) is 10.8 Å². The Morgan fingerprint density at radius 3 is 2.62 bits per heavy atom. The molecule has 0 saturated heterocycles. The van der Waals surface area contributed by atoms with Crippen molar-refractivity contribution < 1.29 is 9.72 Å². The van der Waals surface area contributed by atoms with Crippen LogP contribution in [0.25, 0.3) is 11.3 Å². The van der Waals surface area contributed by atoms with Crippen LogP contribution in [-0.4, -0.2) is 15.8 Å². The summed E-state index contributed by atoms with van der Waals surface area (Å²) >= 11 is 10.7. The molecule has 0 spiro atoms. The quantitative estimate of drug-likeness (QED) is 0.407. The van der Waals surface area contributed by atoms with Gasteiger partial charge in [0.2, 0.25) is 0 Å².